The topological polar surface area (TPSA) is 87.8 Å². The molecule has 0 bridgehead atoms. The highest BCUT2D eigenvalue weighted by atomic mass is 35.5. The number of guanidine groups is 1. The number of halogens is 1. The summed E-state index contributed by atoms with van der Waals surface area (Å²) < 4.78 is 0. The normalized spacial score (nSPS) is 17.9. The Morgan fingerprint density at radius 2 is 2.12 bits per heavy atom. The summed E-state index contributed by atoms with van der Waals surface area (Å²) in [6, 6.07) is 0. The molecule has 1 aliphatic rings. The molecule has 0 saturated carbocycles. The molecule has 1 aromatic heterocycles. The summed E-state index contributed by atoms with van der Waals surface area (Å²) in [7, 11) is 1.74. The van der Waals surface area contributed by atoms with E-state index >= 15 is 0 Å². The summed E-state index contributed by atoms with van der Waals surface area (Å²) in [6.45, 7) is 1.24. The molecule has 8 nitrogen and oxygen atoms in total. The lowest BCUT2D eigenvalue weighted by Gasteiger charge is -2.16. The Hall–Kier alpha value is -1.96. The van der Waals surface area contributed by atoms with Gasteiger partial charge < -0.3 is 9.80 Å². The maximum absolute atomic E-state index is 10.4. The van der Waals surface area contributed by atoms with Gasteiger partial charge in [0.1, 0.15) is 5.10 Å². The van der Waals surface area contributed by atoms with Gasteiger partial charge in [0.15, 0.2) is 5.03 Å². The first-order chi connectivity index (χ1) is 8.08. The minimum absolute atomic E-state index is 0.133. The third kappa shape index (κ3) is 2.41. The van der Waals surface area contributed by atoms with Crippen LogP contribution in [0.1, 0.15) is 0 Å². The molecule has 2 rings (SSSR count). The fourth-order valence-electron chi connectivity index (χ4n) is 1.55. The van der Waals surface area contributed by atoms with Crippen molar-refractivity contribution in [1.29, 1.82) is 0 Å². The standard InChI is InChI=1S/C8H9ClN6O2/c1-13-2-3-14(8(13)12-15(16)17)6-4-10-7(9)11-5-6/h4-5H,2-3H2,1H3. The second-order valence-electron chi connectivity index (χ2n) is 3.42. The van der Waals surface area contributed by atoms with Crippen LogP contribution in [0.25, 0.3) is 0 Å². The van der Waals surface area contributed by atoms with Crippen molar-refractivity contribution < 1.29 is 5.03 Å². The Morgan fingerprint density at radius 1 is 1.47 bits per heavy atom. The highest BCUT2D eigenvalue weighted by Gasteiger charge is 2.28. The van der Waals surface area contributed by atoms with Gasteiger partial charge in [0.2, 0.25) is 5.28 Å². The van der Waals surface area contributed by atoms with Gasteiger partial charge in [-0.1, -0.05) is 0 Å². The zero-order valence-corrected chi connectivity index (χ0v) is 9.70. The summed E-state index contributed by atoms with van der Waals surface area (Å²) in [5.74, 6) is 0.265. The van der Waals surface area contributed by atoms with Crippen molar-refractivity contribution in [2.24, 2.45) is 5.10 Å². The van der Waals surface area contributed by atoms with Gasteiger partial charge in [-0.3, -0.25) is 0 Å². The van der Waals surface area contributed by atoms with Crippen molar-refractivity contribution in [2.75, 3.05) is 25.0 Å². The van der Waals surface area contributed by atoms with Crippen LogP contribution in [0.15, 0.2) is 17.5 Å². The molecular formula is C8H9ClN6O2. The smallest absolute Gasteiger partial charge is 0.278 e. The van der Waals surface area contributed by atoms with Crippen molar-refractivity contribution in [1.82, 2.24) is 14.9 Å². The summed E-state index contributed by atoms with van der Waals surface area (Å²) >= 11 is 5.58. The van der Waals surface area contributed by atoms with Gasteiger partial charge in [0, 0.05) is 20.1 Å². The first-order valence-electron chi connectivity index (χ1n) is 4.77. The largest absolute Gasteiger partial charge is 0.339 e. The van der Waals surface area contributed by atoms with Crippen LogP contribution in [0.3, 0.4) is 0 Å². The lowest BCUT2D eigenvalue weighted by molar-refractivity contribution is -0.485. The molecule has 0 radical (unpaired) electrons. The molecule has 1 aromatic rings. The summed E-state index contributed by atoms with van der Waals surface area (Å²) in [6.07, 6.45) is 3.01. The van der Waals surface area contributed by atoms with Crippen LogP contribution in [0.2, 0.25) is 5.28 Å². The van der Waals surface area contributed by atoms with Crippen molar-refractivity contribution in [3.8, 4) is 0 Å². The Bertz CT molecular complexity index is 462. The molecular weight excluding hydrogens is 248 g/mol. The molecule has 1 fully saturated rings. The number of hydrogen-bond donors (Lipinski definition) is 0. The highest BCUT2D eigenvalue weighted by Crippen LogP contribution is 2.18. The number of likely N-dealkylation sites (N-methyl/N-ethyl adjacent to an activating group) is 1. The molecule has 0 spiro atoms. The Balaban J connectivity index is 2.31. The SMILES string of the molecule is CN1CCN(c2cnc(Cl)nc2)C1=N[N+](=O)[O-]. The van der Waals surface area contributed by atoms with E-state index in [-0.39, 0.29) is 11.2 Å². The van der Waals surface area contributed by atoms with Gasteiger partial charge in [0.05, 0.1) is 18.1 Å². The van der Waals surface area contributed by atoms with E-state index in [2.05, 4.69) is 15.1 Å². The van der Waals surface area contributed by atoms with E-state index in [4.69, 9.17) is 11.6 Å². The van der Waals surface area contributed by atoms with E-state index in [1.165, 1.54) is 12.4 Å². The molecule has 0 unspecified atom stereocenters. The van der Waals surface area contributed by atoms with Gasteiger partial charge in [-0.05, 0) is 11.6 Å². The van der Waals surface area contributed by atoms with Crippen LogP contribution < -0.4 is 4.90 Å². The van der Waals surface area contributed by atoms with E-state index in [9.17, 15) is 10.1 Å². The summed E-state index contributed by atoms with van der Waals surface area (Å²) in [5.41, 5.74) is 0.624. The minimum atomic E-state index is -0.721. The van der Waals surface area contributed by atoms with Crippen molar-refractivity contribution in [3.63, 3.8) is 0 Å². The van der Waals surface area contributed by atoms with E-state index in [1.54, 1.807) is 16.8 Å². The first-order valence-corrected chi connectivity index (χ1v) is 5.15. The zero-order valence-electron chi connectivity index (χ0n) is 8.95. The van der Waals surface area contributed by atoms with E-state index in [0.29, 0.717) is 18.8 Å². The lowest BCUT2D eigenvalue weighted by Crippen LogP contribution is -2.32. The van der Waals surface area contributed by atoms with Crippen molar-refractivity contribution in [3.05, 3.63) is 27.8 Å². The Kier molecular flexibility index (Phi) is 3.05. The van der Waals surface area contributed by atoms with Crippen molar-refractivity contribution >= 4 is 23.2 Å². The predicted octanol–water partition coefficient (Wildman–Crippen LogP) is 0.429. The van der Waals surface area contributed by atoms with Crippen LogP contribution in [0, 0.1) is 10.1 Å². The van der Waals surface area contributed by atoms with Crippen LogP contribution in [0.5, 0.6) is 0 Å². The fraction of sp³-hybridized carbons (Fsp3) is 0.375. The van der Waals surface area contributed by atoms with Gasteiger partial charge in [-0.25, -0.2) is 20.1 Å². The van der Waals surface area contributed by atoms with E-state index < -0.39 is 5.03 Å². The summed E-state index contributed by atoms with van der Waals surface area (Å²) in [4.78, 5) is 21.5. The molecule has 1 aliphatic heterocycles. The molecule has 2 heterocycles. The highest BCUT2D eigenvalue weighted by molar-refractivity contribution is 6.28. The van der Waals surface area contributed by atoms with Gasteiger partial charge in [-0.2, -0.15) is 0 Å². The van der Waals surface area contributed by atoms with Gasteiger partial charge in [-0.15, -0.1) is 0 Å². The second-order valence-corrected chi connectivity index (χ2v) is 3.76. The average molecular weight is 257 g/mol. The quantitative estimate of drug-likeness (QED) is 0.433. The minimum Gasteiger partial charge on any atom is -0.339 e. The molecule has 17 heavy (non-hydrogen) atoms. The fourth-order valence-corrected chi connectivity index (χ4v) is 1.65. The number of nitro groups is 1. The van der Waals surface area contributed by atoms with Crippen LogP contribution in [-0.4, -0.2) is 46.0 Å². The molecule has 9 heteroatoms. The lowest BCUT2D eigenvalue weighted by atomic mass is 10.4. The number of hydrazone groups is 1. The molecule has 0 amide bonds. The zero-order chi connectivity index (χ0) is 12.4. The number of anilines is 1. The first kappa shape index (κ1) is 11.5. The third-order valence-corrected chi connectivity index (χ3v) is 2.53. The average Bonchev–Trinajstić information content (AvgIpc) is 2.61. The van der Waals surface area contributed by atoms with Gasteiger partial charge in [0.25, 0.3) is 5.96 Å². The van der Waals surface area contributed by atoms with Crippen molar-refractivity contribution in [2.45, 2.75) is 0 Å². The number of rotatable bonds is 2. The van der Waals surface area contributed by atoms with Crippen LogP contribution in [-0.2, 0) is 0 Å². The molecule has 90 valence electrons. The van der Waals surface area contributed by atoms with Crippen LogP contribution >= 0.6 is 11.6 Å². The van der Waals surface area contributed by atoms with E-state index in [0.717, 1.165) is 0 Å². The Labute approximate surface area is 102 Å². The number of hydrogen-bond acceptors (Lipinski definition) is 4. The molecule has 1 saturated heterocycles. The Morgan fingerprint density at radius 3 is 2.71 bits per heavy atom. The molecule has 0 aromatic carbocycles. The number of nitrogens with zero attached hydrogens (tertiary/aromatic N) is 6. The third-order valence-electron chi connectivity index (χ3n) is 2.33. The predicted molar refractivity (Wildman–Crippen MR) is 61.4 cm³/mol. The van der Waals surface area contributed by atoms with Crippen LogP contribution in [0.4, 0.5) is 5.69 Å². The second kappa shape index (κ2) is 4.50. The molecule has 0 N–H and O–H groups in total. The van der Waals surface area contributed by atoms with Gasteiger partial charge >= 0.3 is 0 Å². The summed E-state index contributed by atoms with van der Waals surface area (Å²) in [5, 5.41) is 13.2. The number of aromatic nitrogens is 2. The maximum atomic E-state index is 10.4. The molecule has 0 atom stereocenters. The maximum Gasteiger partial charge on any atom is 0.278 e. The monoisotopic (exact) mass is 256 g/mol. The molecule has 0 aliphatic carbocycles. The van der Waals surface area contributed by atoms with E-state index in [1.807, 2.05) is 0 Å².